The van der Waals surface area contributed by atoms with Gasteiger partial charge < -0.3 is 10.2 Å². The summed E-state index contributed by atoms with van der Waals surface area (Å²) in [6, 6.07) is 0.816. The first-order chi connectivity index (χ1) is 10.1. The lowest BCUT2D eigenvalue weighted by molar-refractivity contribution is 0.367. The van der Waals surface area contributed by atoms with E-state index in [-0.39, 0.29) is 5.56 Å². The van der Waals surface area contributed by atoms with Crippen LogP contribution in [0.5, 0.6) is 0 Å². The fraction of sp³-hybridized carbons (Fsp3) is 0.733. The number of nitrogens with zero attached hydrogens (tertiary/aromatic N) is 3. The van der Waals surface area contributed by atoms with E-state index in [2.05, 4.69) is 45.1 Å². The molecule has 1 fully saturated rings. The first kappa shape index (κ1) is 16.5. The molecular formula is C15H25BrN4O. The van der Waals surface area contributed by atoms with Crippen LogP contribution < -0.4 is 15.8 Å². The second kappa shape index (κ2) is 7.40. The normalized spacial score (nSPS) is 20.6. The Morgan fingerprint density at radius 3 is 3.00 bits per heavy atom. The molecule has 0 aromatic carbocycles. The minimum Gasteiger partial charge on any atom is -0.365 e. The van der Waals surface area contributed by atoms with Crippen molar-refractivity contribution in [3.05, 3.63) is 21.0 Å². The lowest BCUT2D eigenvalue weighted by Gasteiger charge is -2.41. The maximum atomic E-state index is 12.1. The molecule has 0 aliphatic carbocycles. The van der Waals surface area contributed by atoms with E-state index in [1.807, 2.05) is 0 Å². The molecule has 1 saturated heterocycles. The Balaban J connectivity index is 2.26. The van der Waals surface area contributed by atoms with E-state index in [0.717, 1.165) is 31.6 Å². The Morgan fingerprint density at radius 2 is 2.29 bits per heavy atom. The SMILES string of the molecule is CCCNC(C)C1CCCCN1c1cnn(C)c(=O)c1Br. The minimum absolute atomic E-state index is 0.0778. The maximum absolute atomic E-state index is 12.1. The van der Waals surface area contributed by atoms with Crippen molar-refractivity contribution < 1.29 is 0 Å². The minimum atomic E-state index is -0.0778. The zero-order chi connectivity index (χ0) is 15.4. The number of aromatic nitrogens is 2. The lowest BCUT2D eigenvalue weighted by atomic mass is 9.96. The molecular weight excluding hydrogens is 332 g/mol. The molecule has 1 aliphatic heterocycles. The summed E-state index contributed by atoms with van der Waals surface area (Å²) in [5.41, 5.74) is 0.846. The summed E-state index contributed by atoms with van der Waals surface area (Å²) in [6.45, 7) is 6.43. The van der Waals surface area contributed by atoms with Crippen LogP contribution in [0.4, 0.5) is 5.69 Å². The highest BCUT2D eigenvalue weighted by Gasteiger charge is 2.29. The zero-order valence-electron chi connectivity index (χ0n) is 13.1. The van der Waals surface area contributed by atoms with Crippen LogP contribution in [-0.2, 0) is 7.05 Å². The molecule has 0 bridgehead atoms. The average Bonchev–Trinajstić information content (AvgIpc) is 2.50. The van der Waals surface area contributed by atoms with Crippen LogP contribution in [0.1, 0.15) is 39.5 Å². The Morgan fingerprint density at radius 1 is 1.52 bits per heavy atom. The predicted molar refractivity (Wildman–Crippen MR) is 89.9 cm³/mol. The molecule has 5 nitrogen and oxygen atoms in total. The van der Waals surface area contributed by atoms with Crippen LogP contribution in [0.3, 0.4) is 0 Å². The summed E-state index contributed by atoms with van der Waals surface area (Å²) in [4.78, 5) is 14.4. The van der Waals surface area contributed by atoms with Gasteiger partial charge in [-0.05, 0) is 55.1 Å². The third-order valence-electron chi connectivity index (χ3n) is 4.21. The molecule has 2 rings (SSSR count). The third kappa shape index (κ3) is 3.66. The van der Waals surface area contributed by atoms with E-state index in [9.17, 15) is 4.79 Å². The summed E-state index contributed by atoms with van der Waals surface area (Å²) in [7, 11) is 1.68. The molecule has 0 spiro atoms. The largest absolute Gasteiger partial charge is 0.365 e. The highest BCUT2D eigenvalue weighted by Crippen LogP contribution is 2.30. The van der Waals surface area contributed by atoms with Crippen molar-refractivity contribution in [2.45, 2.75) is 51.6 Å². The third-order valence-corrected chi connectivity index (χ3v) is 4.96. The lowest BCUT2D eigenvalue weighted by Crippen LogP contribution is -2.52. The number of rotatable bonds is 5. The number of halogens is 1. The highest BCUT2D eigenvalue weighted by atomic mass is 79.9. The van der Waals surface area contributed by atoms with E-state index in [1.165, 1.54) is 17.5 Å². The molecule has 2 heterocycles. The summed E-state index contributed by atoms with van der Waals surface area (Å²) in [6.07, 6.45) is 6.50. The van der Waals surface area contributed by atoms with Crippen LogP contribution in [0.25, 0.3) is 0 Å². The van der Waals surface area contributed by atoms with E-state index >= 15 is 0 Å². The van der Waals surface area contributed by atoms with Crippen molar-refractivity contribution in [3.8, 4) is 0 Å². The van der Waals surface area contributed by atoms with Gasteiger partial charge in [-0.2, -0.15) is 5.10 Å². The van der Waals surface area contributed by atoms with Gasteiger partial charge in [-0.15, -0.1) is 0 Å². The Kier molecular flexibility index (Phi) is 5.81. The number of anilines is 1. The monoisotopic (exact) mass is 356 g/mol. The first-order valence-electron chi connectivity index (χ1n) is 7.78. The number of piperidine rings is 1. The first-order valence-corrected chi connectivity index (χ1v) is 8.57. The average molecular weight is 357 g/mol. The molecule has 0 amide bonds. The number of hydrogen-bond donors (Lipinski definition) is 1. The molecule has 1 aromatic heterocycles. The summed E-state index contributed by atoms with van der Waals surface area (Å²) in [5, 5.41) is 7.77. The van der Waals surface area contributed by atoms with Crippen molar-refractivity contribution in [1.29, 1.82) is 0 Å². The van der Waals surface area contributed by atoms with Crippen molar-refractivity contribution >= 4 is 21.6 Å². The van der Waals surface area contributed by atoms with Gasteiger partial charge in [-0.25, -0.2) is 4.68 Å². The van der Waals surface area contributed by atoms with Gasteiger partial charge in [0.25, 0.3) is 5.56 Å². The van der Waals surface area contributed by atoms with Crippen LogP contribution in [0, 0.1) is 0 Å². The fourth-order valence-electron chi connectivity index (χ4n) is 2.99. The van der Waals surface area contributed by atoms with Crippen LogP contribution in [0.2, 0.25) is 0 Å². The van der Waals surface area contributed by atoms with Gasteiger partial charge >= 0.3 is 0 Å². The molecule has 0 radical (unpaired) electrons. The van der Waals surface area contributed by atoms with Crippen LogP contribution in [-0.4, -0.2) is 35.0 Å². The number of hydrogen-bond acceptors (Lipinski definition) is 4. The Labute approximate surface area is 134 Å². The van der Waals surface area contributed by atoms with Crippen LogP contribution in [0.15, 0.2) is 15.5 Å². The Hall–Kier alpha value is -0.880. The maximum Gasteiger partial charge on any atom is 0.282 e. The molecule has 2 atom stereocenters. The molecule has 1 aromatic rings. The summed E-state index contributed by atoms with van der Waals surface area (Å²) >= 11 is 3.46. The molecule has 6 heteroatoms. The second-order valence-corrected chi connectivity index (χ2v) is 6.56. The van der Waals surface area contributed by atoms with Gasteiger partial charge in [0.15, 0.2) is 0 Å². The summed E-state index contributed by atoms with van der Waals surface area (Å²) < 4.78 is 1.99. The van der Waals surface area contributed by atoms with E-state index in [0.29, 0.717) is 16.6 Å². The molecule has 1 N–H and O–H groups in total. The van der Waals surface area contributed by atoms with Gasteiger partial charge in [0.05, 0.1) is 11.9 Å². The van der Waals surface area contributed by atoms with Gasteiger partial charge in [0, 0.05) is 25.7 Å². The standard InChI is InChI=1S/C15H25BrN4O/c1-4-8-17-11(2)12-7-5-6-9-20(12)13-10-18-19(3)15(21)14(13)16/h10-12,17H,4-9H2,1-3H3. The van der Waals surface area contributed by atoms with Gasteiger partial charge in [0.1, 0.15) is 4.47 Å². The quantitative estimate of drug-likeness (QED) is 0.879. The fourth-order valence-corrected chi connectivity index (χ4v) is 3.57. The molecule has 118 valence electrons. The number of nitrogens with one attached hydrogen (secondary N) is 1. The molecule has 2 unspecified atom stereocenters. The van der Waals surface area contributed by atoms with E-state index < -0.39 is 0 Å². The van der Waals surface area contributed by atoms with Crippen molar-refractivity contribution in [2.24, 2.45) is 7.05 Å². The van der Waals surface area contributed by atoms with Crippen molar-refractivity contribution in [1.82, 2.24) is 15.1 Å². The Bertz CT molecular complexity index is 531. The van der Waals surface area contributed by atoms with E-state index in [4.69, 9.17) is 0 Å². The predicted octanol–water partition coefficient (Wildman–Crippen LogP) is 2.29. The van der Waals surface area contributed by atoms with Crippen molar-refractivity contribution in [2.75, 3.05) is 18.0 Å². The second-order valence-electron chi connectivity index (χ2n) is 5.77. The number of aryl methyl sites for hydroxylation is 1. The highest BCUT2D eigenvalue weighted by molar-refractivity contribution is 9.10. The summed E-state index contributed by atoms with van der Waals surface area (Å²) in [5.74, 6) is 0. The topological polar surface area (TPSA) is 50.2 Å². The van der Waals surface area contributed by atoms with Gasteiger partial charge in [-0.3, -0.25) is 4.79 Å². The smallest absolute Gasteiger partial charge is 0.282 e. The molecule has 0 saturated carbocycles. The zero-order valence-corrected chi connectivity index (χ0v) is 14.7. The van der Waals surface area contributed by atoms with Gasteiger partial charge in [-0.1, -0.05) is 6.92 Å². The van der Waals surface area contributed by atoms with Gasteiger partial charge in [0.2, 0.25) is 0 Å². The van der Waals surface area contributed by atoms with Crippen LogP contribution >= 0.6 is 15.9 Å². The van der Waals surface area contributed by atoms with Crippen molar-refractivity contribution in [3.63, 3.8) is 0 Å². The van der Waals surface area contributed by atoms with E-state index in [1.54, 1.807) is 13.2 Å². The molecule has 21 heavy (non-hydrogen) atoms. The molecule has 1 aliphatic rings.